The summed E-state index contributed by atoms with van der Waals surface area (Å²) in [5, 5.41) is 8.45. The summed E-state index contributed by atoms with van der Waals surface area (Å²) in [6.07, 6.45) is -11.0. The van der Waals surface area contributed by atoms with E-state index < -0.39 is 41.8 Å². The van der Waals surface area contributed by atoms with Crippen molar-refractivity contribution in [3.63, 3.8) is 0 Å². The second kappa shape index (κ2) is 4.98. The first-order chi connectivity index (χ1) is 8.49. The third kappa shape index (κ3) is 4.68. The van der Waals surface area contributed by atoms with Crippen LogP contribution in [0.4, 0.5) is 26.3 Å². The van der Waals surface area contributed by atoms with Crippen LogP contribution < -0.4 is 4.74 Å². The number of ether oxygens (including phenoxy) is 1. The van der Waals surface area contributed by atoms with Crippen LogP contribution >= 0.6 is 0 Å². The van der Waals surface area contributed by atoms with Gasteiger partial charge in [0.2, 0.25) is 0 Å². The van der Waals surface area contributed by atoms with Crippen LogP contribution in [0.25, 0.3) is 0 Å². The van der Waals surface area contributed by atoms with E-state index in [-0.39, 0.29) is 0 Å². The number of hydrogen-bond donors (Lipinski definition) is 1. The third-order valence-corrected chi connectivity index (χ3v) is 1.96. The number of carboxylic acid groups (broad SMARTS) is 1. The average Bonchev–Trinajstić information content (AvgIpc) is 2.11. The molecule has 1 aromatic rings. The topological polar surface area (TPSA) is 46.5 Å². The highest BCUT2D eigenvalue weighted by Gasteiger charge is 2.35. The molecule has 0 atom stereocenters. The molecule has 0 unspecified atom stereocenters. The molecule has 1 rings (SSSR count). The highest BCUT2D eigenvalue weighted by atomic mass is 19.4. The van der Waals surface area contributed by atoms with Crippen LogP contribution in [0.5, 0.6) is 5.75 Å². The van der Waals surface area contributed by atoms with Crippen molar-refractivity contribution in [1.29, 1.82) is 0 Å². The minimum atomic E-state index is -5.07. The lowest BCUT2D eigenvalue weighted by atomic mass is 10.0. The number of halogens is 6. The fourth-order valence-corrected chi connectivity index (χ4v) is 1.35. The molecule has 0 fully saturated rings. The molecule has 3 nitrogen and oxygen atoms in total. The summed E-state index contributed by atoms with van der Waals surface area (Å²) in [5.41, 5.74) is -2.12. The van der Waals surface area contributed by atoms with Gasteiger partial charge in [0, 0.05) is 0 Å². The molecule has 1 N–H and O–H groups in total. The van der Waals surface area contributed by atoms with Gasteiger partial charge in [-0.2, -0.15) is 13.2 Å². The molecule has 19 heavy (non-hydrogen) atoms. The Bertz CT molecular complexity index is 477. The van der Waals surface area contributed by atoms with Crippen LogP contribution in [0.2, 0.25) is 0 Å². The zero-order chi connectivity index (χ0) is 14.8. The molecule has 0 saturated carbocycles. The van der Waals surface area contributed by atoms with Gasteiger partial charge in [-0.1, -0.05) is 0 Å². The zero-order valence-corrected chi connectivity index (χ0v) is 8.97. The molecule has 0 aliphatic heterocycles. The first kappa shape index (κ1) is 15.1. The second-order valence-corrected chi connectivity index (χ2v) is 3.44. The van der Waals surface area contributed by atoms with Crippen LogP contribution in [-0.4, -0.2) is 17.4 Å². The molecule has 0 spiro atoms. The number of alkyl halides is 6. The zero-order valence-electron chi connectivity index (χ0n) is 8.97. The molecule has 106 valence electrons. The highest BCUT2D eigenvalue weighted by molar-refractivity contribution is 5.71. The summed E-state index contributed by atoms with van der Waals surface area (Å²) in [4.78, 5) is 10.4. The highest BCUT2D eigenvalue weighted by Crippen LogP contribution is 2.35. The lowest BCUT2D eigenvalue weighted by Gasteiger charge is -2.14. The predicted octanol–water partition coefficient (Wildman–Crippen LogP) is 3.23. The van der Waals surface area contributed by atoms with Crippen LogP contribution in [0, 0.1) is 0 Å². The van der Waals surface area contributed by atoms with Crippen molar-refractivity contribution in [1.82, 2.24) is 0 Å². The molecular weight excluding hydrogens is 282 g/mol. The summed E-state index contributed by atoms with van der Waals surface area (Å²) in [6, 6.07) is 1.23. The van der Waals surface area contributed by atoms with Gasteiger partial charge >= 0.3 is 18.5 Å². The summed E-state index contributed by atoms with van der Waals surface area (Å²) < 4.78 is 76.7. The van der Waals surface area contributed by atoms with Gasteiger partial charge in [-0.25, -0.2) is 0 Å². The van der Waals surface area contributed by atoms with Gasteiger partial charge in [0.25, 0.3) is 0 Å². The first-order valence-corrected chi connectivity index (χ1v) is 4.67. The SMILES string of the molecule is O=C(O)Cc1cc(OC(F)(F)F)ccc1C(F)(F)F. The van der Waals surface area contributed by atoms with E-state index in [0.717, 1.165) is 0 Å². The molecule has 0 amide bonds. The van der Waals surface area contributed by atoms with Crippen LogP contribution in [-0.2, 0) is 17.4 Å². The lowest BCUT2D eigenvalue weighted by molar-refractivity contribution is -0.274. The first-order valence-electron chi connectivity index (χ1n) is 4.67. The van der Waals surface area contributed by atoms with Gasteiger partial charge in [-0.15, -0.1) is 13.2 Å². The maximum Gasteiger partial charge on any atom is 0.573 e. The summed E-state index contributed by atoms with van der Waals surface area (Å²) in [7, 11) is 0. The van der Waals surface area contributed by atoms with E-state index in [9.17, 15) is 31.1 Å². The van der Waals surface area contributed by atoms with E-state index in [1.807, 2.05) is 0 Å². The fourth-order valence-electron chi connectivity index (χ4n) is 1.35. The van der Waals surface area contributed by atoms with Crippen LogP contribution in [0.15, 0.2) is 18.2 Å². The number of rotatable bonds is 3. The molecule has 0 bridgehead atoms. The number of carboxylic acids is 1. The Kier molecular flexibility index (Phi) is 3.97. The Labute approximate surface area is 102 Å². The summed E-state index contributed by atoms with van der Waals surface area (Å²) in [6.45, 7) is 0. The molecule has 0 heterocycles. The summed E-state index contributed by atoms with van der Waals surface area (Å²) >= 11 is 0. The average molecular weight is 288 g/mol. The third-order valence-electron chi connectivity index (χ3n) is 1.96. The molecular formula is C10H6F6O3. The van der Waals surface area contributed by atoms with E-state index in [1.165, 1.54) is 0 Å². The molecule has 0 radical (unpaired) electrons. The van der Waals surface area contributed by atoms with Crippen molar-refractivity contribution < 1.29 is 41.0 Å². The Morgan fingerprint density at radius 2 is 1.74 bits per heavy atom. The van der Waals surface area contributed by atoms with E-state index in [4.69, 9.17) is 5.11 Å². The van der Waals surface area contributed by atoms with Gasteiger partial charge in [0.15, 0.2) is 0 Å². The minimum absolute atomic E-state index is 0.347. The Hall–Kier alpha value is -1.93. The van der Waals surface area contributed by atoms with Crippen molar-refractivity contribution >= 4 is 5.97 Å². The summed E-state index contributed by atoms with van der Waals surface area (Å²) in [5.74, 6) is -2.51. The molecule has 9 heteroatoms. The number of hydrogen-bond acceptors (Lipinski definition) is 2. The molecule has 0 aliphatic carbocycles. The van der Waals surface area contributed by atoms with Crippen molar-refractivity contribution in [2.75, 3.05) is 0 Å². The monoisotopic (exact) mass is 288 g/mol. The Balaban J connectivity index is 3.19. The fraction of sp³-hybridized carbons (Fsp3) is 0.300. The number of carbonyl (C=O) groups is 1. The van der Waals surface area contributed by atoms with Gasteiger partial charge in [0.05, 0.1) is 12.0 Å². The van der Waals surface area contributed by atoms with Gasteiger partial charge in [-0.05, 0) is 23.8 Å². The quantitative estimate of drug-likeness (QED) is 0.869. The van der Waals surface area contributed by atoms with Crippen LogP contribution in [0.1, 0.15) is 11.1 Å². The van der Waals surface area contributed by atoms with E-state index >= 15 is 0 Å². The van der Waals surface area contributed by atoms with Crippen molar-refractivity contribution in [2.24, 2.45) is 0 Å². The maximum atomic E-state index is 12.5. The molecule has 0 saturated heterocycles. The van der Waals surface area contributed by atoms with Crippen molar-refractivity contribution in [2.45, 2.75) is 19.0 Å². The van der Waals surface area contributed by atoms with Gasteiger partial charge in [-0.3, -0.25) is 4.79 Å². The normalized spacial score (nSPS) is 12.3. The molecule has 0 aromatic heterocycles. The second-order valence-electron chi connectivity index (χ2n) is 3.44. The van der Waals surface area contributed by atoms with E-state index in [2.05, 4.69) is 4.74 Å². The van der Waals surface area contributed by atoms with E-state index in [1.54, 1.807) is 0 Å². The Morgan fingerprint density at radius 1 is 1.16 bits per heavy atom. The van der Waals surface area contributed by atoms with Crippen molar-refractivity contribution in [3.05, 3.63) is 29.3 Å². The van der Waals surface area contributed by atoms with E-state index in [0.29, 0.717) is 18.2 Å². The molecule has 0 aliphatic rings. The van der Waals surface area contributed by atoms with Gasteiger partial charge < -0.3 is 9.84 Å². The Morgan fingerprint density at radius 3 is 2.16 bits per heavy atom. The predicted molar refractivity (Wildman–Crippen MR) is 49.5 cm³/mol. The molecule has 1 aromatic carbocycles. The standard InChI is InChI=1S/C10H6F6O3/c11-9(12,13)7-2-1-6(19-10(14,15)16)3-5(7)4-8(17)18/h1-3H,4H2,(H,17,18). The number of aliphatic carboxylic acids is 1. The maximum absolute atomic E-state index is 12.5. The van der Waals surface area contributed by atoms with Crippen LogP contribution in [0.3, 0.4) is 0 Å². The number of benzene rings is 1. The van der Waals surface area contributed by atoms with Gasteiger partial charge in [0.1, 0.15) is 5.75 Å². The minimum Gasteiger partial charge on any atom is -0.481 e. The van der Waals surface area contributed by atoms with Crippen molar-refractivity contribution in [3.8, 4) is 5.75 Å². The smallest absolute Gasteiger partial charge is 0.481 e. The lowest BCUT2D eigenvalue weighted by Crippen LogP contribution is -2.18. The largest absolute Gasteiger partial charge is 0.573 e.